The predicted octanol–water partition coefficient (Wildman–Crippen LogP) is 16.5. The summed E-state index contributed by atoms with van der Waals surface area (Å²) in [5, 5.41) is 0. The number of aromatic nitrogens is 20. The number of aromatic amines is 4. The number of ether oxygens (including phenoxy) is 4. The molecule has 17 aromatic rings. The third-order valence-corrected chi connectivity index (χ3v) is 24.2. The number of nitrogen functional groups attached to an aromatic ring is 4. The Hall–Kier alpha value is -15.6. The van der Waals surface area contributed by atoms with E-state index in [1.165, 1.54) is 79.0 Å². The minimum Gasteiger partial charge on any atom is -0.439 e. The van der Waals surface area contributed by atoms with Crippen molar-refractivity contribution in [3.05, 3.63) is 316 Å². The number of nitrogens with zero attached hydrogens (tertiary/aromatic N) is 16. The molecule has 5 aromatic carbocycles. The van der Waals surface area contributed by atoms with Crippen molar-refractivity contribution in [3.8, 4) is 46.5 Å². The number of halogens is 2. The van der Waals surface area contributed by atoms with Crippen LogP contribution in [0, 0.1) is 51.4 Å². The number of alkyl halides is 2. The van der Waals surface area contributed by atoms with Gasteiger partial charge in [-0.3, -0.25) is 18.3 Å². The first kappa shape index (κ1) is 89.3. The molecule has 32 nitrogen and oxygen atoms in total. The average Bonchev–Trinajstić information content (AvgIpc) is 1.67. The number of nitrogens with two attached hydrogens (primary N) is 4. The third kappa shape index (κ3) is 21.9. The van der Waals surface area contributed by atoms with Crippen molar-refractivity contribution >= 4 is 67.9 Å². The first-order valence-electron chi connectivity index (χ1n) is 44.6. The fourth-order valence-corrected chi connectivity index (χ4v) is 16.9. The van der Waals surface area contributed by atoms with Crippen molar-refractivity contribution in [2.45, 2.75) is 163 Å². The molecule has 0 saturated heterocycles. The summed E-state index contributed by atoms with van der Waals surface area (Å²) in [6.07, 6.45) is 21.7. The van der Waals surface area contributed by atoms with Gasteiger partial charge in [0.15, 0.2) is 45.9 Å². The van der Waals surface area contributed by atoms with E-state index in [1.54, 1.807) is 76.7 Å². The highest BCUT2D eigenvalue weighted by Gasteiger charge is 2.51. The largest absolute Gasteiger partial charge is 0.439 e. The number of hydrogen-bond donors (Lipinski definition) is 8. The normalized spacial score (nSPS) is 14.7. The molecule has 4 aliphatic rings. The SMILES string of the molecule is CCCCCc1ccc(Oc2ccc(Cn3c(=O)[nH]c4c(N)nc(C)nc43)cn2)cc1.Cc1nc(N)c2[nH]c(=O)n(Cc3ccc(Oc4ccc(CCC5C6CC5C6)cc4)nc3)c2n1.Cc1nc(N)c2[nH]c(=O)n(Cc3ccc(Oc4ccc(CCC5CC(F)(F)C5)cc4)nc3)c2n1.Cc1nc(N)c2[nH]c(=O)n(Cc3ccc(Oc4ccc(CCCc5ccccc5)cc4)nc3)c2n1. The van der Waals surface area contributed by atoms with Gasteiger partial charge in [-0.2, -0.15) is 0 Å². The number of H-pyrrole nitrogens is 4. The van der Waals surface area contributed by atoms with E-state index in [-0.39, 0.29) is 71.3 Å². The Kier molecular flexibility index (Phi) is 26.7. The van der Waals surface area contributed by atoms with Crippen LogP contribution < -0.4 is 64.6 Å². The maximum atomic E-state index is 13.0. The van der Waals surface area contributed by atoms with Crippen LogP contribution in [0.15, 0.2) is 220 Å². The van der Waals surface area contributed by atoms with Gasteiger partial charge < -0.3 is 61.8 Å². The third-order valence-electron chi connectivity index (χ3n) is 24.2. The van der Waals surface area contributed by atoms with Gasteiger partial charge in [0.1, 0.15) is 68.4 Å². The number of pyridine rings is 4. The zero-order valence-corrected chi connectivity index (χ0v) is 74.3. The van der Waals surface area contributed by atoms with Gasteiger partial charge in [0, 0.05) is 61.9 Å². The molecular weight excluding hydrogens is 1690 g/mol. The Morgan fingerprint density at radius 3 is 0.895 bits per heavy atom. The number of unbranched alkanes of at least 4 members (excludes halogenated alkanes) is 2. The Labute approximate surface area is 761 Å². The molecule has 12 aromatic heterocycles. The number of anilines is 4. The van der Waals surface area contributed by atoms with E-state index in [9.17, 15) is 28.0 Å². The molecule has 680 valence electrons. The quantitative estimate of drug-likeness (QED) is 0.0194. The summed E-state index contributed by atoms with van der Waals surface area (Å²) in [4.78, 5) is 112. The summed E-state index contributed by atoms with van der Waals surface area (Å²) in [5.41, 5.74) is 35.8. The molecule has 0 unspecified atom stereocenters. The van der Waals surface area contributed by atoms with Gasteiger partial charge in [-0.05, 0) is 221 Å². The number of fused-ring (bicyclic) bond motifs is 4. The second-order valence-electron chi connectivity index (χ2n) is 34.1. The molecular formula is C99H102F2N24O8. The van der Waals surface area contributed by atoms with Crippen molar-refractivity contribution in [1.29, 1.82) is 0 Å². The van der Waals surface area contributed by atoms with Crippen LogP contribution >= 0.6 is 0 Å². The van der Waals surface area contributed by atoms with E-state index >= 15 is 0 Å². The van der Waals surface area contributed by atoms with Crippen LogP contribution in [0.3, 0.4) is 0 Å². The lowest BCUT2D eigenvalue weighted by molar-refractivity contribution is -0.111. The highest BCUT2D eigenvalue weighted by atomic mass is 19.3. The Morgan fingerprint density at radius 2 is 0.624 bits per heavy atom. The minimum absolute atomic E-state index is 0.00617. The first-order valence-corrected chi connectivity index (χ1v) is 44.6. The summed E-state index contributed by atoms with van der Waals surface area (Å²) in [5.74, 6) is 8.50. The summed E-state index contributed by atoms with van der Waals surface area (Å²) in [6, 6.07) is 57.2. The topological polar surface area (TPSA) is 447 Å². The van der Waals surface area contributed by atoms with E-state index in [0.29, 0.717) is 117 Å². The lowest BCUT2D eigenvalue weighted by Gasteiger charge is -2.58. The fraction of sp³-hybridized carbons (Fsp3) is 0.293. The summed E-state index contributed by atoms with van der Waals surface area (Å²) in [7, 11) is 0. The number of rotatable bonds is 30. The van der Waals surface area contributed by atoms with E-state index in [1.807, 2.05) is 91.0 Å². The van der Waals surface area contributed by atoms with Crippen LogP contribution in [0.5, 0.6) is 46.5 Å². The van der Waals surface area contributed by atoms with Crippen LogP contribution in [0.1, 0.15) is 145 Å². The van der Waals surface area contributed by atoms with Crippen LogP contribution in [-0.4, -0.2) is 104 Å². The molecule has 4 fully saturated rings. The molecule has 4 aliphatic carbocycles. The maximum absolute atomic E-state index is 13.0. The van der Waals surface area contributed by atoms with Gasteiger partial charge in [0.05, 0.1) is 26.2 Å². The zero-order chi connectivity index (χ0) is 92.4. The van der Waals surface area contributed by atoms with Crippen LogP contribution in [0.2, 0.25) is 0 Å². The maximum Gasteiger partial charge on any atom is 0.328 e. The number of hydrogen-bond acceptors (Lipinski definition) is 24. The van der Waals surface area contributed by atoms with Crippen molar-refractivity contribution in [1.82, 2.24) is 98.0 Å². The lowest BCUT2D eigenvalue weighted by Crippen LogP contribution is -2.50. The van der Waals surface area contributed by atoms with Gasteiger partial charge >= 0.3 is 22.8 Å². The number of imidazole rings is 4. The second kappa shape index (κ2) is 39.8. The van der Waals surface area contributed by atoms with Crippen LogP contribution in [0.4, 0.5) is 32.1 Å². The van der Waals surface area contributed by atoms with E-state index < -0.39 is 5.92 Å². The molecule has 21 rings (SSSR count). The van der Waals surface area contributed by atoms with E-state index in [4.69, 9.17) is 41.9 Å². The molecule has 0 spiro atoms. The molecule has 2 bridgehead atoms. The molecule has 12 N–H and O–H groups in total. The Morgan fingerprint density at radius 1 is 0.346 bits per heavy atom. The van der Waals surface area contributed by atoms with Gasteiger partial charge in [-0.15, -0.1) is 0 Å². The molecule has 0 radical (unpaired) electrons. The average molecular weight is 1790 g/mol. The Balaban J connectivity index is 0.000000124. The molecule has 133 heavy (non-hydrogen) atoms. The first-order chi connectivity index (χ1) is 64.4. The highest BCUT2D eigenvalue weighted by Crippen LogP contribution is 2.60. The van der Waals surface area contributed by atoms with E-state index in [0.717, 1.165) is 108 Å². The minimum atomic E-state index is -2.46. The van der Waals surface area contributed by atoms with Gasteiger partial charge in [0.25, 0.3) is 0 Å². The standard InChI is InChI=1S/C27H26N6O2.C25H26N6O2.C24H24F2N6O2.C23H26N6O2/c1-18-30-25(28)24-26(31-18)33(27(34)32-24)17-21-12-15-23(29-16-21)35-22-13-10-20(11-14-22)9-5-8-19-6-3-2-4-7-19;1-14-28-23(26)22-24(29-14)31(25(32)30-22)13-16-5-9-21(27-12-16)33-19-6-2-15(3-7-19)4-8-20-17-10-18(20)11-17;1-14-29-21(27)20-22(30-14)32(23(33)31-20)13-17-6-9-19(28-12-17)34-18-7-4-15(5-8-18)2-3-16-10-24(25,26)11-16;1-3-4-5-6-16-7-10-18(11-8-16)31-19-12-9-17(13-25-19)14-29-22-20(28-23(29)30)21(24)26-15(2)27-22/h2-4,6-7,10-16H,5,8-9,17H2,1H3,(H,32,34)(H2,28,30,31);2-3,5-7,9,12,17-18,20H,4,8,10-11,13H2,1H3,(H,30,32)(H2,26,28,29);4-9,12,16H,2-3,10-11,13H2,1H3,(H,31,33)(H2,27,29,30);7-13H,3-6,14H2,1-2H3,(H,28,30)(H2,24,26,27). The number of benzene rings is 5. The molecule has 34 heteroatoms. The molecule has 0 amide bonds. The summed E-state index contributed by atoms with van der Waals surface area (Å²) >= 11 is 0. The summed E-state index contributed by atoms with van der Waals surface area (Å²) in [6.45, 7) is 10.4. The smallest absolute Gasteiger partial charge is 0.328 e. The van der Waals surface area contributed by atoms with Gasteiger partial charge in [0.2, 0.25) is 29.4 Å². The fourth-order valence-electron chi connectivity index (χ4n) is 16.9. The van der Waals surface area contributed by atoms with Gasteiger partial charge in [-0.1, -0.05) is 123 Å². The van der Waals surface area contributed by atoms with Crippen LogP contribution in [-0.2, 0) is 58.3 Å². The van der Waals surface area contributed by atoms with E-state index in [2.05, 4.69) is 147 Å². The molecule has 0 aliphatic heterocycles. The van der Waals surface area contributed by atoms with Crippen molar-refractivity contribution in [3.63, 3.8) is 0 Å². The lowest BCUT2D eigenvalue weighted by atomic mass is 9.47. The number of nitrogens with one attached hydrogen (secondary N) is 4. The van der Waals surface area contributed by atoms with Crippen molar-refractivity contribution in [2.75, 3.05) is 22.9 Å². The zero-order valence-electron chi connectivity index (χ0n) is 74.3. The molecule has 12 heterocycles. The monoisotopic (exact) mass is 1790 g/mol. The van der Waals surface area contributed by atoms with Crippen LogP contribution in [0.25, 0.3) is 44.7 Å². The molecule has 4 saturated carbocycles. The van der Waals surface area contributed by atoms with Crippen molar-refractivity contribution < 1.29 is 27.7 Å². The summed E-state index contributed by atoms with van der Waals surface area (Å²) < 4.78 is 55.4. The van der Waals surface area contributed by atoms with Crippen molar-refractivity contribution in [2.24, 2.45) is 23.7 Å². The predicted molar refractivity (Wildman–Crippen MR) is 504 cm³/mol. The highest BCUT2D eigenvalue weighted by molar-refractivity contribution is 5.84. The second-order valence-corrected chi connectivity index (χ2v) is 34.1. The number of aryl methyl sites for hydroxylation is 9. The molecule has 0 atom stereocenters. The Bertz CT molecular complexity index is 7170. The van der Waals surface area contributed by atoms with Gasteiger partial charge in [-0.25, -0.2) is 87.8 Å².